The van der Waals surface area contributed by atoms with E-state index in [1.54, 1.807) is 12.4 Å². The molecule has 0 amide bonds. The normalized spacial score (nSPS) is 14.0. The molecule has 2 unspecified atom stereocenters. The van der Waals surface area contributed by atoms with E-state index in [9.17, 15) is 5.11 Å². The van der Waals surface area contributed by atoms with Crippen molar-refractivity contribution in [2.45, 2.75) is 25.5 Å². The Morgan fingerprint density at radius 1 is 1.11 bits per heavy atom. The molecule has 100 valence electrons. The molecule has 2 atom stereocenters. The highest BCUT2D eigenvalue weighted by molar-refractivity contribution is 5.10. The van der Waals surface area contributed by atoms with Crippen molar-refractivity contribution in [2.24, 2.45) is 0 Å². The smallest absolute Gasteiger partial charge is 0.113 e. The standard InChI is InChI=1S/C15H19N3O/c1-12(14-7-3-5-10-17-14)15(19)18-11-8-13-6-2-4-9-16-13/h2-7,9-10,12,15,18-19H,8,11H2,1H3. The second kappa shape index (κ2) is 6.97. The number of nitrogens with zero attached hydrogens (tertiary/aromatic N) is 2. The first-order valence-electron chi connectivity index (χ1n) is 6.49. The van der Waals surface area contributed by atoms with Crippen LogP contribution in [-0.4, -0.2) is 27.8 Å². The quantitative estimate of drug-likeness (QED) is 0.774. The number of aromatic nitrogens is 2. The van der Waals surface area contributed by atoms with Gasteiger partial charge in [-0.3, -0.25) is 15.3 Å². The van der Waals surface area contributed by atoms with Crippen molar-refractivity contribution in [3.8, 4) is 0 Å². The predicted molar refractivity (Wildman–Crippen MR) is 74.6 cm³/mol. The molecule has 0 aliphatic rings. The molecule has 2 aromatic heterocycles. The van der Waals surface area contributed by atoms with Crippen molar-refractivity contribution in [3.63, 3.8) is 0 Å². The highest BCUT2D eigenvalue weighted by Gasteiger charge is 2.16. The fourth-order valence-corrected chi connectivity index (χ4v) is 1.88. The predicted octanol–water partition coefficient (Wildman–Crippen LogP) is 1.73. The molecule has 4 heteroatoms. The molecule has 0 radical (unpaired) electrons. The van der Waals surface area contributed by atoms with E-state index in [2.05, 4.69) is 15.3 Å². The summed E-state index contributed by atoms with van der Waals surface area (Å²) in [6.45, 7) is 2.65. The van der Waals surface area contributed by atoms with Gasteiger partial charge in [0.15, 0.2) is 0 Å². The lowest BCUT2D eigenvalue weighted by Crippen LogP contribution is -2.35. The van der Waals surface area contributed by atoms with Gasteiger partial charge in [-0.1, -0.05) is 19.1 Å². The molecule has 2 heterocycles. The van der Waals surface area contributed by atoms with Crippen LogP contribution in [0.2, 0.25) is 0 Å². The maximum absolute atomic E-state index is 10.1. The molecule has 0 aromatic carbocycles. The van der Waals surface area contributed by atoms with E-state index in [1.165, 1.54) is 0 Å². The minimum Gasteiger partial charge on any atom is -0.378 e. The zero-order valence-corrected chi connectivity index (χ0v) is 11.0. The van der Waals surface area contributed by atoms with Crippen molar-refractivity contribution < 1.29 is 5.11 Å². The van der Waals surface area contributed by atoms with Gasteiger partial charge in [0.1, 0.15) is 6.23 Å². The lowest BCUT2D eigenvalue weighted by molar-refractivity contribution is 0.112. The number of aliphatic hydroxyl groups excluding tert-OH is 1. The Labute approximate surface area is 113 Å². The van der Waals surface area contributed by atoms with Crippen LogP contribution in [0.15, 0.2) is 48.8 Å². The lowest BCUT2D eigenvalue weighted by atomic mass is 10.1. The van der Waals surface area contributed by atoms with Crippen molar-refractivity contribution in [1.29, 1.82) is 0 Å². The average Bonchev–Trinajstić information content (AvgIpc) is 2.48. The van der Waals surface area contributed by atoms with Crippen molar-refractivity contribution in [3.05, 3.63) is 60.2 Å². The van der Waals surface area contributed by atoms with Crippen LogP contribution >= 0.6 is 0 Å². The molecule has 0 spiro atoms. The molecule has 2 rings (SSSR count). The second-order valence-corrected chi connectivity index (χ2v) is 4.51. The lowest BCUT2D eigenvalue weighted by Gasteiger charge is -2.19. The third kappa shape index (κ3) is 4.12. The molecule has 0 bridgehead atoms. The summed E-state index contributed by atoms with van der Waals surface area (Å²) in [4.78, 5) is 8.50. The van der Waals surface area contributed by atoms with Gasteiger partial charge in [-0.2, -0.15) is 0 Å². The zero-order valence-electron chi connectivity index (χ0n) is 11.0. The maximum Gasteiger partial charge on any atom is 0.113 e. The third-order valence-electron chi connectivity index (χ3n) is 3.09. The Morgan fingerprint density at radius 2 is 1.84 bits per heavy atom. The van der Waals surface area contributed by atoms with Crippen LogP contribution in [0.3, 0.4) is 0 Å². The SMILES string of the molecule is CC(c1ccccn1)C(O)NCCc1ccccn1. The fourth-order valence-electron chi connectivity index (χ4n) is 1.88. The van der Waals surface area contributed by atoms with E-state index in [0.29, 0.717) is 6.54 Å². The molecule has 0 saturated carbocycles. The van der Waals surface area contributed by atoms with Gasteiger partial charge in [0, 0.05) is 42.7 Å². The van der Waals surface area contributed by atoms with Crippen molar-refractivity contribution in [1.82, 2.24) is 15.3 Å². The summed E-state index contributed by atoms with van der Waals surface area (Å²) in [5.41, 5.74) is 1.91. The van der Waals surface area contributed by atoms with Crippen LogP contribution in [0, 0.1) is 0 Å². The molecule has 0 saturated heterocycles. The maximum atomic E-state index is 10.1. The Hall–Kier alpha value is -1.78. The number of nitrogens with one attached hydrogen (secondary N) is 1. The van der Waals surface area contributed by atoms with E-state index in [-0.39, 0.29) is 5.92 Å². The summed E-state index contributed by atoms with van der Waals surface area (Å²) in [5.74, 6) is -0.0371. The number of rotatable bonds is 6. The minimum atomic E-state index is -0.599. The molecular weight excluding hydrogens is 238 g/mol. The Balaban J connectivity index is 1.80. The van der Waals surface area contributed by atoms with Crippen molar-refractivity contribution in [2.75, 3.05) is 6.54 Å². The number of hydrogen-bond donors (Lipinski definition) is 2. The number of aliphatic hydroxyl groups is 1. The first-order valence-corrected chi connectivity index (χ1v) is 6.49. The summed E-state index contributed by atoms with van der Waals surface area (Å²) >= 11 is 0. The number of pyridine rings is 2. The summed E-state index contributed by atoms with van der Waals surface area (Å²) in [6, 6.07) is 11.6. The van der Waals surface area contributed by atoms with Crippen LogP contribution in [0.4, 0.5) is 0 Å². The highest BCUT2D eigenvalue weighted by atomic mass is 16.3. The Morgan fingerprint density at radius 3 is 2.47 bits per heavy atom. The minimum absolute atomic E-state index is 0.0371. The molecule has 2 N–H and O–H groups in total. The molecule has 0 aliphatic carbocycles. The van der Waals surface area contributed by atoms with E-state index in [1.807, 2.05) is 43.3 Å². The van der Waals surface area contributed by atoms with Gasteiger partial charge >= 0.3 is 0 Å². The van der Waals surface area contributed by atoms with Crippen LogP contribution < -0.4 is 5.32 Å². The molecule has 4 nitrogen and oxygen atoms in total. The van der Waals surface area contributed by atoms with Crippen LogP contribution in [-0.2, 0) is 6.42 Å². The Bertz CT molecular complexity index is 475. The molecule has 0 fully saturated rings. The first kappa shape index (κ1) is 13.6. The Kier molecular flexibility index (Phi) is 5.01. The summed E-state index contributed by atoms with van der Waals surface area (Å²) < 4.78 is 0. The van der Waals surface area contributed by atoms with Gasteiger partial charge in [0.25, 0.3) is 0 Å². The van der Waals surface area contributed by atoms with Gasteiger partial charge < -0.3 is 5.11 Å². The molecule has 0 aliphatic heterocycles. The summed E-state index contributed by atoms with van der Waals surface area (Å²) in [5, 5.41) is 13.2. The summed E-state index contributed by atoms with van der Waals surface area (Å²) in [7, 11) is 0. The van der Waals surface area contributed by atoms with Gasteiger partial charge in [0.2, 0.25) is 0 Å². The first-order chi connectivity index (χ1) is 9.27. The fraction of sp³-hybridized carbons (Fsp3) is 0.333. The van der Waals surface area contributed by atoms with Gasteiger partial charge in [0.05, 0.1) is 0 Å². The second-order valence-electron chi connectivity index (χ2n) is 4.51. The average molecular weight is 257 g/mol. The van der Waals surface area contributed by atoms with Crippen LogP contribution in [0.1, 0.15) is 24.2 Å². The largest absolute Gasteiger partial charge is 0.378 e. The van der Waals surface area contributed by atoms with Gasteiger partial charge in [-0.15, -0.1) is 0 Å². The number of hydrogen-bond acceptors (Lipinski definition) is 4. The van der Waals surface area contributed by atoms with Crippen LogP contribution in [0.25, 0.3) is 0 Å². The van der Waals surface area contributed by atoms with Gasteiger partial charge in [-0.05, 0) is 24.3 Å². The van der Waals surface area contributed by atoms with E-state index >= 15 is 0 Å². The highest BCUT2D eigenvalue weighted by Crippen LogP contribution is 2.14. The third-order valence-corrected chi connectivity index (χ3v) is 3.09. The van der Waals surface area contributed by atoms with Crippen LogP contribution in [0.5, 0.6) is 0 Å². The van der Waals surface area contributed by atoms with E-state index in [0.717, 1.165) is 17.8 Å². The molecular formula is C15H19N3O. The molecule has 2 aromatic rings. The van der Waals surface area contributed by atoms with E-state index in [4.69, 9.17) is 0 Å². The monoisotopic (exact) mass is 257 g/mol. The van der Waals surface area contributed by atoms with Crippen molar-refractivity contribution >= 4 is 0 Å². The zero-order chi connectivity index (χ0) is 13.5. The topological polar surface area (TPSA) is 58.0 Å². The molecule has 19 heavy (non-hydrogen) atoms. The van der Waals surface area contributed by atoms with Gasteiger partial charge in [-0.25, -0.2) is 0 Å². The summed E-state index contributed by atoms with van der Waals surface area (Å²) in [6.07, 6.45) is 3.72. The van der Waals surface area contributed by atoms with E-state index < -0.39 is 6.23 Å².